The van der Waals surface area contributed by atoms with Gasteiger partial charge in [0.15, 0.2) is 11.5 Å². The van der Waals surface area contributed by atoms with E-state index in [0.29, 0.717) is 33.6 Å². The minimum Gasteiger partial charge on any atom is -0.493 e. The van der Waals surface area contributed by atoms with Crippen LogP contribution in [0.5, 0.6) is 11.5 Å². The smallest absolute Gasteiger partial charge is 0.260 e. The molecule has 162 valence electrons. The zero-order chi connectivity index (χ0) is 22.3. The van der Waals surface area contributed by atoms with E-state index in [-0.39, 0.29) is 6.54 Å². The van der Waals surface area contributed by atoms with Gasteiger partial charge in [0.05, 0.1) is 36.9 Å². The van der Waals surface area contributed by atoms with Crippen molar-refractivity contribution in [3.63, 3.8) is 0 Å². The van der Waals surface area contributed by atoms with Crippen LogP contribution < -0.4 is 19.2 Å². The maximum atomic E-state index is 12.4. The summed E-state index contributed by atoms with van der Waals surface area (Å²) in [5, 5.41) is 3.92. The van der Waals surface area contributed by atoms with Gasteiger partial charge >= 0.3 is 0 Å². The topological polar surface area (TPSA) is 97.3 Å². The summed E-state index contributed by atoms with van der Waals surface area (Å²) in [5.41, 5.74) is 4.32. The van der Waals surface area contributed by atoms with Gasteiger partial charge in [-0.2, -0.15) is 5.10 Å². The van der Waals surface area contributed by atoms with E-state index in [1.807, 2.05) is 19.1 Å². The quantitative estimate of drug-likeness (QED) is 0.424. The first kappa shape index (κ1) is 23.7. The molecule has 1 N–H and O–H groups in total. The molecule has 30 heavy (non-hydrogen) atoms. The van der Waals surface area contributed by atoms with E-state index in [2.05, 4.69) is 26.5 Å². The lowest BCUT2D eigenvalue weighted by atomic mass is 10.1. The van der Waals surface area contributed by atoms with Crippen LogP contribution >= 0.6 is 15.9 Å². The first-order chi connectivity index (χ1) is 14.2. The molecule has 0 saturated heterocycles. The largest absolute Gasteiger partial charge is 0.493 e. The van der Waals surface area contributed by atoms with E-state index in [0.717, 1.165) is 16.1 Å². The van der Waals surface area contributed by atoms with Crippen LogP contribution in [-0.4, -0.2) is 47.6 Å². The lowest BCUT2D eigenvalue weighted by Gasteiger charge is -2.23. The van der Waals surface area contributed by atoms with Crippen LogP contribution in [-0.2, 0) is 21.2 Å². The Labute approximate surface area is 185 Å². The van der Waals surface area contributed by atoms with Gasteiger partial charge in [-0.15, -0.1) is 0 Å². The third-order valence-corrected chi connectivity index (χ3v) is 5.90. The van der Waals surface area contributed by atoms with Crippen molar-refractivity contribution in [3.8, 4) is 11.5 Å². The lowest BCUT2D eigenvalue weighted by Crippen LogP contribution is -2.39. The van der Waals surface area contributed by atoms with Crippen molar-refractivity contribution < 1.29 is 22.7 Å². The van der Waals surface area contributed by atoms with Crippen LogP contribution in [0.15, 0.2) is 46.0 Å². The van der Waals surface area contributed by atoms with E-state index in [9.17, 15) is 13.2 Å². The molecule has 0 spiro atoms. The molecule has 0 unspecified atom stereocenters. The third-order valence-electron chi connectivity index (χ3n) is 4.19. The Kier molecular flexibility index (Phi) is 8.24. The van der Waals surface area contributed by atoms with Crippen molar-refractivity contribution in [2.24, 2.45) is 5.10 Å². The van der Waals surface area contributed by atoms with Gasteiger partial charge in [-0.25, -0.2) is 13.8 Å². The number of methoxy groups -OCH3 is 2. The number of carbonyl (C=O) groups is 1. The van der Waals surface area contributed by atoms with Crippen LogP contribution in [0.3, 0.4) is 0 Å². The van der Waals surface area contributed by atoms with Crippen molar-refractivity contribution in [2.45, 2.75) is 13.3 Å². The van der Waals surface area contributed by atoms with Gasteiger partial charge in [-0.3, -0.25) is 9.10 Å². The highest BCUT2D eigenvalue weighted by Crippen LogP contribution is 2.35. The molecule has 0 saturated carbocycles. The Morgan fingerprint density at radius 2 is 1.93 bits per heavy atom. The fraction of sp³-hybridized carbons (Fsp3) is 0.300. The van der Waals surface area contributed by atoms with Gasteiger partial charge in [0.25, 0.3) is 5.91 Å². The highest BCUT2D eigenvalue weighted by Gasteiger charge is 2.22. The average Bonchev–Trinajstić information content (AvgIpc) is 2.70. The number of aryl methyl sites for hydroxylation is 1. The normalized spacial score (nSPS) is 11.4. The number of hydrogen-bond acceptors (Lipinski definition) is 6. The minimum atomic E-state index is -3.66. The highest BCUT2D eigenvalue weighted by molar-refractivity contribution is 9.10. The number of nitrogens with zero attached hydrogens (tertiary/aromatic N) is 2. The van der Waals surface area contributed by atoms with Crippen LogP contribution in [0.4, 0.5) is 5.69 Å². The Hall–Kier alpha value is -2.59. The standard InChI is InChI=1S/C20H24BrN3O5S/c1-5-15-8-6-7-9-17(15)24(30(4,26)27)13-19(25)23-22-12-14-10-16(21)20(29-3)18(11-14)28-2/h6-12H,5,13H2,1-4H3,(H,23,25)/b22-12-. The summed E-state index contributed by atoms with van der Waals surface area (Å²) in [4.78, 5) is 12.4. The number of nitrogens with one attached hydrogen (secondary N) is 1. The predicted octanol–water partition coefficient (Wildman–Crippen LogP) is 2.95. The fourth-order valence-corrected chi connectivity index (χ4v) is 4.30. The van der Waals surface area contributed by atoms with Gasteiger partial charge in [-0.05, 0) is 51.7 Å². The summed E-state index contributed by atoms with van der Waals surface area (Å²) in [7, 11) is -0.618. The molecule has 10 heteroatoms. The number of benzene rings is 2. The number of rotatable bonds is 9. The second kappa shape index (κ2) is 10.4. The summed E-state index contributed by atoms with van der Waals surface area (Å²) >= 11 is 3.39. The fourth-order valence-electron chi connectivity index (χ4n) is 2.79. The van der Waals surface area contributed by atoms with Gasteiger partial charge in [0.2, 0.25) is 10.0 Å². The number of anilines is 1. The van der Waals surface area contributed by atoms with Crippen molar-refractivity contribution >= 4 is 43.8 Å². The first-order valence-corrected chi connectivity index (χ1v) is 11.6. The molecule has 0 radical (unpaired) electrons. The Balaban J connectivity index is 2.16. The molecule has 0 fully saturated rings. The Bertz CT molecular complexity index is 1040. The SMILES string of the molecule is CCc1ccccc1N(CC(=O)N/N=C\c1cc(Br)c(OC)c(OC)c1)S(C)(=O)=O. The number of ether oxygens (including phenoxy) is 2. The third kappa shape index (κ3) is 5.96. The van der Waals surface area contributed by atoms with Crippen molar-refractivity contribution in [1.29, 1.82) is 0 Å². The van der Waals surface area contributed by atoms with E-state index in [1.165, 1.54) is 20.4 Å². The molecule has 0 aliphatic carbocycles. The van der Waals surface area contributed by atoms with Crippen molar-refractivity contribution in [3.05, 3.63) is 52.0 Å². The average molecular weight is 498 g/mol. The molecule has 1 amide bonds. The van der Waals surface area contributed by atoms with Crippen LogP contribution in [0.25, 0.3) is 0 Å². The van der Waals surface area contributed by atoms with Gasteiger partial charge in [0.1, 0.15) is 6.54 Å². The molecule has 0 atom stereocenters. The molecular formula is C20H24BrN3O5S. The van der Waals surface area contributed by atoms with E-state index >= 15 is 0 Å². The monoisotopic (exact) mass is 497 g/mol. The minimum absolute atomic E-state index is 0.386. The highest BCUT2D eigenvalue weighted by atomic mass is 79.9. The Morgan fingerprint density at radius 3 is 2.53 bits per heavy atom. The van der Waals surface area contributed by atoms with Gasteiger partial charge in [0, 0.05) is 0 Å². The predicted molar refractivity (Wildman–Crippen MR) is 121 cm³/mol. The number of halogens is 1. The molecule has 0 aliphatic heterocycles. The molecule has 0 heterocycles. The van der Waals surface area contributed by atoms with E-state index in [4.69, 9.17) is 9.47 Å². The number of hydrogen-bond donors (Lipinski definition) is 1. The molecule has 2 aromatic rings. The van der Waals surface area contributed by atoms with E-state index < -0.39 is 15.9 Å². The maximum Gasteiger partial charge on any atom is 0.260 e. The summed E-state index contributed by atoms with van der Waals surface area (Å²) in [6, 6.07) is 10.5. The molecule has 0 bridgehead atoms. The van der Waals surface area contributed by atoms with Crippen molar-refractivity contribution in [2.75, 3.05) is 31.3 Å². The van der Waals surface area contributed by atoms with Crippen LogP contribution in [0.1, 0.15) is 18.1 Å². The summed E-state index contributed by atoms with van der Waals surface area (Å²) in [5.74, 6) is 0.471. The molecule has 2 rings (SSSR count). The second-order valence-corrected chi connectivity index (χ2v) is 9.04. The number of hydrazone groups is 1. The summed E-state index contributed by atoms with van der Waals surface area (Å²) in [6.45, 7) is 1.54. The molecular weight excluding hydrogens is 474 g/mol. The van der Waals surface area contributed by atoms with Crippen LogP contribution in [0.2, 0.25) is 0 Å². The Morgan fingerprint density at radius 1 is 1.23 bits per heavy atom. The van der Waals surface area contributed by atoms with Gasteiger partial charge in [-0.1, -0.05) is 25.1 Å². The number of amides is 1. The number of carbonyl (C=O) groups excluding carboxylic acids is 1. The van der Waals surface area contributed by atoms with Crippen LogP contribution in [0, 0.1) is 0 Å². The molecule has 2 aromatic carbocycles. The number of para-hydroxylation sites is 1. The summed E-state index contributed by atoms with van der Waals surface area (Å²) < 4.78 is 36.8. The lowest BCUT2D eigenvalue weighted by molar-refractivity contribution is -0.119. The zero-order valence-electron chi connectivity index (χ0n) is 17.2. The molecule has 0 aliphatic rings. The molecule has 0 aromatic heterocycles. The number of sulfonamides is 1. The first-order valence-electron chi connectivity index (χ1n) is 9.00. The second-order valence-electron chi connectivity index (χ2n) is 6.28. The summed E-state index contributed by atoms with van der Waals surface area (Å²) in [6.07, 6.45) is 3.13. The molecule has 8 nitrogen and oxygen atoms in total. The van der Waals surface area contributed by atoms with Crippen molar-refractivity contribution in [1.82, 2.24) is 5.43 Å². The van der Waals surface area contributed by atoms with Gasteiger partial charge < -0.3 is 9.47 Å². The van der Waals surface area contributed by atoms with E-state index in [1.54, 1.807) is 24.3 Å². The maximum absolute atomic E-state index is 12.4. The zero-order valence-corrected chi connectivity index (χ0v) is 19.6.